The molecule has 3 heterocycles. The van der Waals surface area contributed by atoms with Crippen LogP contribution < -0.4 is 14.2 Å². The number of rotatable bonds is 5. The van der Waals surface area contributed by atoms with Crippen molar-refractivity contribution in [3.05, 3.63) is 52.7 Å². The summed E-state index contributed by atoms with van der Waals surface area (Å²) in [7, 11) is 3.39. The quantitative estimate of drug-likeness (QED) is 0.662. The monoisotopic (exact) mass is 424 g/mol. The summed E-state index contributed by atoms with van der Waals surface area (Å²) in [6, 6.07) is 10.7. The summed E-state index contributed by atoms with van der Waals surface area (Å²) in [6.45, 7) is 4.42. The molecule has 0 aliphatic carbocycles. The maximum Gasteiger partial charge on any atom is 0.161 e. The Morgan fingerprint density at radius 3 is 2.65 bits per heavy atom. The van der Waals surface area contributed by atoms with Crippen LogP contribution in [-0.2, 0) is 26.1 Å². The molecular weight excluding hydrogens is 392 g/mol. The Labute approximate surface area is 183 Å². The fraction of sp³-hybridized carbons (Fsp3) is 0.440. The summed E-state index contributed by atoms with van der Waals surface area (Å²) in [5.41, 5.74) is 6.23. The van der Waals surface area contributed by atoms with E-state index >= 15 is 0 Å². The summed E-state index contributed by atoms with van der Waals surface area (Å²) >= 11 is 0. The normalized spacial score (nSPS) is 17.4. The van der Waals surface area contributed by atoms with Crippen molar-refractivity contribution in [3.63, 3.8) is 0 Å². The van der Waals surface area contributed by atoms with Gasteiger partial charge in [-0.25, -0.2) is 0 Å². The molecule has 2 aliphatic heterocycles. The van der Waals surface area contributed by atoms with Crippen LogP contribution in [0.3, 0.4) is 0 Å². The van der Waals surface area contributed by atoms with E-state index in [2.05, 4.69) is 23.1 Å². The maximum absolute atomic E-state index is 10.1. The highest BCUT2D eigenvalue weighted by Crippen LogP contribution is 2.45. The standard InChI is InChI=1S/C24H28N2O4.CH4/c1-4-30-24-9-15-7-8-25-13-22-19(11-21(25)17(15)12-23(24)29-3)18-10-16(28-2)5-6-20(18)26(22)14-27;/h5-6,9-10,12,21,27H,4,7-8,11,13-14H2,1-3H3;1H4. The van der Waals surface area contributed by atoms with Crippen molar-refractivity contribution in [3.8, 4) is 17.2 Å². The van der Waals surface area contributed by atoms with Gasteiger partial charge < -0.3 is 23.9 Å². The van der Waals surface area contributed by atoms with Crippen LogP contribution in [0.25, 0.3) is 10.9 Å². The van der Waals surface area contributed by atoms with Crippen LogP contribution in [0.1, 0.15) is 42.8 Å². The van der Waals surface area contributed by atoms with Gasteiger partial charge in [-0.1, -0.05) is 7.43 Å². The zero-order valence-corrected chi connectivity index (χ0v) is 17.8. The molecule has 1 atom stereocenters. The molecular formula is C25H32N2O4. The second-order valence-electron chi connectivity index (χ2n) is 7.95. The van der Waals surface area contributed by atoms with Crippen LogP contribution in [0.15, 0.2) is 30.3 Å². The van der Waals surface area contributed by atoms with Crippen LogP contribution in [0.5, 0.6) is 17.2 Å². The lowest BCUT2D eigenvalue weighted by Crippen LogP contribution is -2.39. The minimum Gasteiger partial charge on any atom is -0.497 e. The Balaban J connectivity index is 0.00000231. The van der Waals surface area contributed by atoms with E-state index < -0.39 is 0 Å². The number of fused-ring (bicyclic) bond motifs is 6. The molecule has 0 saturated carbocycles. The van der Waals surface area contributed by atoms with E-state index in [0.717, 1.165) is 48.7 Å². The molecule has 1 N–H and O–H groups in total. The van der Waals surface area contributed by atoms with Crippen LogP contribution in [-0.4, -0.2) is 41.9 Å². The van der Waals surface area contributed by atoms with Gasteiger partial charge in [0.2, 0.25) is 0 Å². The molecule has 0 saturated heterocycles. The minimum absolute atomic E-state index is 0. The van der Waals surface area contributed by atoms with Crippen molar-refractivity contribution in [1.82, 2.24) is 9.47 Å². The third-order valence-electron chi connectivity index (χ3n) is 6.58. The lowest BCUT2D eigenvalue weighted by Gasteiger charge is -2.41. The van der Waals surface area contributed by atoms with Gasteiger partial charge in [0.15, 0.2) is 11.5 Å². The van der Waals surface area contributed by atoms with Crippen molar-refractivity contribution in [1.29, 1.82) is 0 Å². The minimum atomic E-state index is -0.0151. The SMILES string of the molecule is C.CCOc1cc2c(cc1OC)C1Cc3c(n(CO)c4ccc(OC)cc34)CN1CC2. The van der Waals surface area contributed by atoms with Crippen molar-refractivity contribution in [2.45, 2.75) is 46.5 Å². The second-order valence-corrected chi connectivity index (χ2v) is 7.95. The Morgan fingerprint density at radius 2 is 1.94 bits per heavy atom. The number of methoxy groups -OCH3 is 2. The third-order valence-corrected chi connectivity index (χ3v) is 6.58. The fourth-order valence-electron chi connectivity index (χ4n) is 5.16. The van der Waals surface area contributed by atoms with E-state index in [4.69, 9.17) is 14.2 Å². The first-order chi connectivity index (χ1) is 14.7. The highest BCUT2D eigenvalue weighted by Gasteiger charge is 2.36. The lowest BCUT2D eigenvalue weighted by atomic mass is 9.85. The highest BCUT2D eigenvalue weighted by atomic mass is 16.5. The first-order valence-electron chi connectivity index (χ1n) is 10.5. The van der Waals surface area contributed by atoms with E-state index in [9.17, 15) is 5.11 Å². The predicted molar refractivity (Wildman–Crippen MR) is 122 cm³/mol. The van der Waals surface area contributed by atoms with Gasteiger partial charge in [0.25, 0.3) is 0 Å². The van der Waals surface area contributed by atoms with Crippen LogP contribution in [0.4, 0.5) is 0 Å². The molecule has 0 spiro atoms. The maximum atomic E-state index is 10.1. The van der Waals surface area contributed by atoms with Gasteiger partial charge in [0.05, 0.1) is 26.3 Å². The molecule has 0 amide bonds. The van der Waals surface area contributed by atoms with Crippen molar-refractivity contribution in [2.24, 2.45) is 0 Å². The first kappa shape index (κ1) is 21.5. The van der Waals surface area contributed by atoms with Crippen molar-refractivity contribution in [2.75, 3.05) is 27.4 Å². The van der Waals surface area contributed by atoms with Gasteiger partial charge in [-0.2, -0.15) is 0 Å². The van der Waals surface area contributed by atoms with Crippen molar-refractivity contribution >= 4 is 10.9 Å². The molecule has 1 unspecified atom stereocenters. The molecule has 0 fully saturated rings. The first-order valence-corrected chi connectivity index (χ1v) is 10.5. The Morgan fingerprint density at radius 1 is 1.10 bits per heavy atom. The molecule has 31 heavy (non-hydrogen) atoms. The Kier molecular flexibility index (Phi) is 5.86. The predicted octanol–water partition coefficient (Wildman–Crippen LogP) is 4.30. The number of hydrogen-bond acceptors (Lipinski definition) is 5. The van der Waals surface area contributed by atoms with E-state index in [-0.39, 0.29) is 20.2 Å². The number of aromatic nitrogens is 1. The zero-order chi connectivity index (χ0) is 20.8. The van der Waals surface area contributed by atoms with E-state index in [1.165, 1.54) is 27.8 Å². The van der Waals surface area contributed by atoms with Crippen molar-refractivity contribution < 1.29 is 19.3 Å². The summed E-state index contributed by atoms with van der Waals surface area (Å²) in [5.74, 6) is 2.46. The van der Waals surface area contributed by atoms with E-state index in [1.807, 2.05) is 23.6 Å². The van der Waals surface area contributed by atoms with E-state index in [1.54, 1.807) is 14.2 Å². The number of hydrogen-bond donors (Lipinski definition) is 1. The molecule has 2 aliphatic rings. The van der Waals surface area contributed by atoms with E-state index in [0.29, 0.717) is 6.61 Å². The lowest BCUT2D eigenvalue weighted by molar-refractivity contribution is 0.145. The number of nitrogens with zero attached hydrogens (tertiary/aromatic N) is 2. The van der Waals surface area contributed by atoms with Gasteiger partial charge in [0, 0.05) is 30.2 Å². The summed E-state index contributed by atoms with van der Waals surface area (Å²) in [5, 5.41) is 11.3. The molecule has 2 aromatic carbocycles. The van der Waals surface area contributed by atoms with Gasteiger partial charge in [-0.15, -0.1) is 0 Å². The zero-order valence-electron chi connectivity index (χ0n) is 17.8. The Bertz CT molecular complexity index is 1100. The smallest absolute Gasteiger partial charge is 0.161 e. The van der Waals surface area contributed by atoms with Gasteiger partial charge in [-0.3, -0.25) is 4.90 Å². The molecule has 0 radical (unpaired) electrons. The van der Waals surface area contributed by atoms with Gasteiger partial charge in [-0.05, 0) is 66.8 Å². The summed E-state index contributed by atoms with van der Waals surface area (Å²) < 4.78 is 19.0. The number of aliphatic hydroxyl groups is 1. The average molecular weight is 425 g/mol. The number of aliphatic hydroxyl groups excluding tert-OH is 1. The van der Waals surface area contributed by atoms with Crippen LogP contribution >= 0.6 is 0 Å². The summed E-state index contributed by atoms with van der Waals surface area (Å²) in [4.78, 5) is 2.52. The third kappa shape index (κ3) is 3.34. The van der Waals surface area contributed by atoms with Gasteiger partial charge >= 0.3 is 0 Å². The average Bonchev–Trinajstić information content (AvgIpc) is 3.09. The van der Waals surface area contributed by atoms with Crippen LogP contribution in [0.2, 0.25) is 0 Å². The molecule has 1 aromatic heterocycles. The molecule has 6 nitrogen and oxygen atoms in total. The molecule has 5 rings (SSSR count). The largest absolute Gasteiger partial charge is 0.497 e. The number of ether oxygens (including phenoxy) is 3. The fourth-order valence-corrected chi connectivity index (χ4v) is 5.16. The summed E-state index contributed by atoms with van der Waals surface area (Å²) in [6.07, 6.45) is 1.88. The van der Waals surface area contributed by atoms with Gasteiger partial charge in [0.1, 0.15) is 12.5 Å². The molecule has 0 bridgehead atoms. The second kappa shape index (κ2) is 8.44. The Hall–Kier alpha value is -2.70. The molecule has 166 valence electrons. The molecule has 3 aromatic rings. The highest BCUT2D eigenvalue weighted by molar-refractivity contribution is 5.87. The topological polar surface area (TPSA) is 56.1 Å². The number of benzene rings is 2. The van der Waals surface area contributed by atoms with Crippen LogP contribution in [0, 0.1) is 0 Å². The molecule has 6 heteroatoms.